The molecule has 1 amide bonds. The Morgan fingerprint density at radius 1 is 1.24 bits per heavy atom. The number of carbonyl (C=O) groups is 2. The van der Waals surface area contributed by atoms with Gasteiger partial charge >= 0.3 is 12.1 Å². The molecule has 1 atom stereocenters. The maximum absolute atomic E-state index is 11.4. The number of nitrogens with zero attached hydrogens (tertiary/aromatic N) is 1. The second-order valence-electron chi connectivity index (χ2n) is 4.70. The van der Waals surface area contributed by atoms with Crippen LogP contribution in [0.1, 0.15) is 18.4 Å². The van der Waals surface area contributed by atoms with E-state index in [2.05, 4.69) is 0 Å². The molecule has 0 heterocycles. The van der Waals surface area contributed by atoms with Gasteiger partial charge in [-0.15, -0.1) is 0 Å². The Hall–Kier alpha value is -1.69. The molecule has 1 rings (SSSR count). The molecule has 2 N–H and O–H groups in total. The molecule has 5 nitrogen and oxygen atoms in total. The Balaban J connectivity index is 2.68. The zero-order chi connectivity index (χ0) is 15.7. The fraction of sp³-hybridized carbons (Fsp3) is 0.467. The molecular weight excluding hydrogens is 290 g/mol. The van der Waals surface area contributed by atoms with Crippen molar-refractivity contribution < 1.29 is 19.8 Å². The van der Waals surface area contributed by atoms with Gasteiger partial charge in [0.1, 0.15) is 6.04 Å². The lowest BCUT2D eigenvalue weighted by atomic mass is 10.0. The van der Waals surface area contributed by atoms with E-state index in [-0.39, 0.29) is 13.0 Å². The number of rotatable bonds is 9. The number of carboxylic acid groups (broad SMARTS) is 2. The molecule has 0 bridgehead atoms. The number of thioether (sulfide) groups is 1. The van der Waals surface area contributed by atoms with Crippen molar-refractivity contribution in [3.05, 3.63) is 35.9 Å². The van der Waals surface area contributed by atoms with E-state index in [1.807, 2.05) is 36.6 Å². The number of amides is 1. The number of aliphatic carboxylic acids is 1. The van der Waals surface area contributed by atoms with Crippen LogP contribution in [0.2, 0.25) is 0 Å². The van der Waals surface area contributed by atoms with E-state index in [1.165, 1.54) is 0 Å². The maximum atomic E-state index is 11.4. The van der Waals surface area contributed by atoms with Crippen LogP contribution in [0.4, 0.5) is 4.79 Å². The first kappa shape index (κ1) is 17.4. The number of benzene rings is 1. The van der Waals surface area contributed by atoms with E-state index in [9.17, 15) is 19.8 Å². The third kappa shape index (κ3) is 6.08. The lowest BCUT2D eigenvalue weighted by Gasteiger charge is -2.26. The SMILES string of the molecule is CSCCCN(C(=O)O)C(CCc1ccccc1)C(=O)O. The van der Waals surface area contributed by atoms with Crippen LogP contribution in [0, 0.1) is 0 Å². The van der Waals surface area contributed by atoms with Crippen molar-refractivity contribution in [2.45, 2.75) is 25.3 Å². The van der Waals surface area contributed by atoms with E-state index in [0.717, 1.165) is 16.2 Å². The van der Waals surface area contributed by atoms with Crippen LogP contribution in [-0.2, 0) is 11.2 Å². The first-order valence-electron chi connectivity index (χ1n) is 6.81. The molecule has 0 fully saturated rings. The highest BCUT2D eigenvalue weighted by Crippen LogP contribution is 2.12. The van der Waals surface area contributed by atoms with E-state index < -0.39 is 18.1 Å². The Bertz CT molecular complexity index is 452. The lowest BCUT2D eigenvalue weighted by molar-refractivity contribution is -0.142. The van der Waals surface area contributed by atoms with Crippen molar-refractivity contribution in [3.63, 3.8) is 0 Å². The minimum Gasteiger partial charge on any atom is -0.480 e. The van der Waals surface area contributed by atoms with Gasteiger partial charge in [0.05, 0.1) is 0 Å². The Morgan fingerprint density at radius 2 is 1.90 bits per heavy atom. The molecule has 0 aliphatic heterocycles. The summed E-state index contributed by atoms with van der Waals surface area (Å²) in [7, 11) is 0. The minimum atomic E-state index is -1.17. The summed E-state index contributed by atoms with van der Waals surface area (Å²) >= 11 is 1.62. The summed E-state index contributed by atoms with van der Waals surface area (Å²) in [5.41, 5.74) is 1.01. The summed E-state index contributed by atoms with van der Waals surface area (Å²) in [5.74, 6) is -0.271. The first-order valence-corrected chi connectivity index (χ1v) is 8.21. The highest BCUT2D eigenvalue weighted by atomic mass is 32.2. The van der Waals surface area contributed by atoms with E-state index in [1.54, 1.807) is 11.8 Å². The molecule has 1 unspecified atom stereocenters. The number of aryl methyl sites for hydroxylation is 1. The molecule has 0 saturated carbocycles. The summed E-state index contributed by atoms with van der Waals surface area (Å²) < 4.78 is 0. The van der Waals surface area contributed by atoms with Crippen molar-refractivity contribution in [1.29, 1.82) is 0 Å². The van der Waals surface area contributed by atoms with Crippen molar-refractivity contribution >= 4 is 23.8 Å². The van der Waals surface area contributed by atoms with Gasteiger partial charge in [-0.3, -0.25) is 4.90 Å². The molecule has 116 valence electrons. The summed E-state index contributed by atoms with van der Waals surface area (Å²) in [6.07, 6.45) is 2.25. The normalized spacial score (nSPS) is 11.9. The third-order valence-electron chi connectivity index (χ3n) is 3.20. The van der Waals surface area contributed by atoms with Gasteiger partial charge in [0.2, 0.25) is 0 Å². The van der Waals surface area contributed by atoms with Crippen LogP contribution in [0.3, 0.4) is 0 Å². The second-order valence-corrected chi connectivity index (χ2v) is 5.69. The fourth-order valence-electron chi connectivity index (χ4n) is 2.12. The molecule has 0 saturated heterocycles. The summed E-state index contributed by atoms with van der Waals surface area (Å²) in [6.45, 7) is 0.252. The van der Waals surface area contributed by atoms with Gasteiger partial charge in [0.15, 0.2) is 0 Å². The monoisotopic (exact) mass is 311 g/mol. The molecule has 0 spiro atoms. The number of carboxylic acids is 1. The van der Waals surface area contributed by atoms with Crippen molar-refractivity contribution in [3.8, 4) is 0 Å². The van der Waals surface area contributed by atoms with Crippen molar-refractivity contribution in [2.75, 3.05) is 18.6 Å². The predicted octanol–water partition coefficient (Wildman–Crippen LogP) is 2.81. The molecule has 0 aromatic heterocycles. The van der Waals surface area contributed by atoms with Gasteiger partial charge in [-0.25, -0.2) is 9.59 Å². The molecule has 6 heteroatoms. The average Bonchev–Trinajstić information content (AvgIpc) is 2.46. The highest BCUT2D eigenvalue weighted by molar-refractivity contribution is 7.98. The second kappa shape index (κ2) is 9.28. The number of hydrogen-bond donors (Lipinski definition) is 2. The van der Waals surface area contributed by atoms with Gasteiger partial charge in [0.25, 0.3) is 0 Å². The van der Waals surface area contributed by atoms with Crippen LogP contribution in [0.25, 0.3) is 0 Å². The largest absolute Gasteiger partial charge is 0.480 e. The van der Waals surface area contributed by atoms with Crippen LogP contribution in [0.15, 0.2) is 30.3 Å². The predicted molar refractivity (Wildman–Crippen MR) is 83.9 cm³/mol. The number of hydrogen-bond acceptors (Lipinski definition) is 3. The molecule has 0 radical (unpaired) electrons. The topological polar surface area (TPSA) is 77.8 Å². The smallest absolute Gasteiger partial charge is 0.408 e. The fourth-order valence-corrected chi connectivity index (χ4v) is 2.54. The molecular formula is C15H21NO4S. The zero-order valence-electron chi connectivity index (χ0n) is 12.1. The van der Waals surface area contributed by atoms with Crippen molar-refractivity contribution in [1.82, 2.24) is 4.90 Å². The standard InChI is InChI=1S/C15H21NO4S/c1-21-11-5-10-16(15(19)20)13(14(17)18)9-8-12-6-3-2-4-7-12/h2-4,6-7,13H,5,8-11H2,1H3,(H,17,18)(H,19,20). The van der Waals surface area contributed by atoms with E-state index in [4.69, 9.17) is 0 Å². The molecule has 0 aliphatic carbocycles. The van der Waals surface area contributed by atoms with Gasteiger partial charge in [0, 0.05) is 6.54 Å². The van der Waals surface area contributed by atoms with Crippen LogP contribution >= 0.6 is 11.8 Å². The Morgan fingerprint density at radius 3 is 2.43 bits per heavy atom. The van der Waals surface area contributed by atoms with E-state index >= 15 is 0 Å². The summed E-state index contributed by atoms with van der Waals surface area (Å²) in [4.78, 5) is 23.7. The zero-order valence-corrected chi connectivity index (χ0v) is 12.9. The van der Waals surface area contributed by atoms with Crippen LogP contribution in [0.5, 0.6) is 0 Å². The first-order chi connectivity index (χ1) is 10.1. The summed E-state index contributed by atoms with van der Waals surface area (Å²) in [6, 6.07) is 8.50. The maximum Gasteiger partial charge on any atom is 0.408 e. The third-order valence-corrected chi connectivity index (χ3v) is 3.90. The van der Waals surface area contributed by atoms with Crippen LogP contribution in [-0.4, -0.2) is 51.8 Å². The van der Waals surface area contributed by atoms with Gasteiger partial charge < -0.3 is 10.2 Å². The highest BCUT2D eigenvalue weighted by Gasteiger charge is 2.28. The quantitative estimate of drug-likeness (QED) is 0.686. The van der Waals surface area contributed by atoms with Gasteiger partial charge in [-0.2, -0.15) is 11.8 Å². The van der Waals surface area contributed by atoms with Crippen LogP contribution < -0.4 is 0 Å². The lowest BCUT2D eigenvalue weighted by Crippen LogP contribution is -2.45. The van der Waals surface area contributed by atoms with Gasteiger partial charge in [-0.1, -0.05) is 30.3 Å². The van der Waals surface area contributed by atoms with Gasteiger partial charge in [-0.05, 0) is 36.8 Å². The molecule has 21 heavy (non-hydrogen) atoms. The molecule has 1 aromatic carbocycles. The Labute approximate surface area is 129 Å². The summed E-state index contributed by atoms with van der Waals surface area (Å²) in [5, 5.41) is 18.6. The Kier molecular flexibility index (Phi) is 7.68. The molecule has 1 aromatic rings. The minimum absolute atomic E-state index is 0.252. The van der Waals surface area contributed by atoms with Crippen molar-refractivity contribution in [2.24, 2.45) is 0 Å². The van der Waals surface area contributed by atoms with E-state index in [0.29, 0.717) is 12.8 Å². The average molecular weight is 311 g/mol. The molecule has 0 aliphatic rings.